The highest BCUT2D eigenvalue weighted by Crippen LogP contribution is 2.25. The minimum absolute atomic E-state index is 0.173. The van der Waals surface area contributed by atoms with Crippen LogP contribution in [-0.2, 0) is 22.6 Å². The number of H-pyrrole nitrogens is 1. The van der Waals surface area contributed by atoms with E-state index >= 15 is 0 Å². The smallest absolute Gasteiger partial charge is 0.281 e. The van der Waals surface area contributed by atoms with Crippen LogP contribution >= 0.6 is 11.8 Å². The molecular weight excluding hydrogens is 502 g/mol. The number of fused-ring (bicyclic) bond motifs is 2. The molecule has 3 aromatic heterocycles. The van der Waals surface area contributed by atoms with E-state index in [1.165, 1.54) is 0 Å². The Morgan fingerprint density at radius 1 is 1.08 bits per heavy atom. The molecule has 9 nitrogen and oxygen atoms in total. The molecule has 10 heteroatoms. The Morgan fingerprint density at radius 3 is 2.66 bits per heavy atom. The van der Waals surface area contributed by atoms with Gasteiger partial charge >= 0.3 is 0 Å². The molecule has 3 N–H and O–H groups in total. The number of rotatable bonds is 10. The van der Waals surface area contributed by atoms with E-state index in [1.54, 1.807) is 42.7 Å². The van der Waals surface area contributed by atoms with E-state index in [4.69, 9.17) is 4.42 Å². The molecule has 2 aromatic carbocycles. The molecule has 1 atom stereocenters. The SMILES string of the molecule is CC[C@H](Sc1nc2ccccc2c(=O)n1NC(=O)CCc1c[nH]c2ccccc12)C(=O)NCc1ccco1. The number of carbonyl (C=O) groups excluding carboxylic acids is 2. The lowest BCUT2D eigenvalue weighted by molar-refractivity contribution is -0.121. The second-order valence-electron chi connectivity index (χ2n) is 8.76. The first-order valence-electron chi connectivity index (χ1n) is 12.4. The molecule has 0 aliphatic rings. The van der Waals surface area contributed by atoms with Gasteiger partial charge in [-0.05, 0) is 48.7 Å². The zero-order valence-electron chi connectivity index (χ0n) is 20.8. The van der Waals surface area contributed by atoms with Crippen molar-refractivity contribution >= 4 is 45.4 Å². The zero-order valence-corrected chi connectivity index (χ0v) is 21.6. The van der Waals surface area contributed by atoms with Gasteiger partial charge in [0, 0.05) is 23.5 Å². The Morgan fingerprint density at radius 2 is 1.87 bits per heavy atom. The third kappa shape index (κ3) is 5.50. The lowest BCUT2D eigenvalue weighted by atomic mass is 10.1. The van der Waals surface area contributed by atoms with Crippen molar-refractivity contribution in [2.75, 3.05) is 5.43 Å². The quantitative estimate of drug-likeness (QED) is 0.183. The third-order valence-electron chi connectivity index (χ3n) is 6.21. The summed E-state index contributed by atoms with van der Waals surface area (Å²) >= 11 is 1.14. The van der Waals surface area contributed by atoms with Crippen molar-refractivity contribution in [3.05, 3.63) is 94.8 Å². The number of nitrogens with zero attached hydrogens (tertiary/aromatic N) is 2. The fourth-order valence-corrected chi connectivity index (χ4v) is 5.20. The number of thioether (sulfide) groups is 1. The molecule has 5 rings (SSSR count). The fourth-order valence-electron chi connectivity index (χ4n) is 4.21. The molecule has 38 heavy (non-hydrogen) atoms. The van der Waals surface area contributed by atoms with Crippen molar-refractivity contribution in [2.24, 2.45) is 0 Å². The first-order valence-corrected chi connectivity index (χ1v) is 13.2. The van der Waals surface area contributed by atoms with Gasteiger partial charge in [-0.25, -0.2) is 4.98 Å². The second kappa shape index (κ2) is 11.4. The number of carbonyl (C=O) groups is 2. The van der Waals surface area contributed by atoms with E-state index in [1.807, 2.05) is 37.4 Å². The van der Waals surface area contributed by atoms with Gasteiger partial charge in [0.1, 0.15) is 5.76 Å². The Bertz CT molecular complexity index is 1640. The van der Waals surface area contributed by atoms with E-state index < -0.39 is 10.8 Å². The number of para-hydroxylation sites is 2. The monoisotopic (exact) mass is 529 g/mol. The van der Waals surface area contributed by atoms with Crippen LogP contribution in [0.2, 0.25) is 0 Å². The number of furan rings is 1. The number of amides is 2. The number of hydrogen-bond donors (Lipinski definition) is 3. The lowest BCUT2D eigenvalue weighted by Gasteiger charge is -2.18. The van der Waals surface area contributed by atoms with E-state index in [0.717, 1.165) is 32.9 Å². The minimum Gasteiger partial charge on any atom is -0.467 e. The van der Waals surface area contributed by atoms with Crippen molar-refractivity contribution in [3.63, 3.8) is 0 Å². The number of hydrogen-bond acceptors (Lipinski definition) is 6. The molecule has 194 valence electrons. The number of aromatic amines is 1. The van der Waals surface area contributed by atoms with Crippen LogP contribution in [0.1, 0.15) is 31.1 Å². The molecule has 0 spiro atoms. The average Bonchev–Trinajstić information content (AvgIpc) is 3.61. The van der Waals surface area contributed by atoms with Gasteiger partial charge in [0.2, 0.25) is 11.8 Å². The molecule has 0 saturated carbocycles. The van der Waals surface area contributed by atoms with Crippen LogP contribution in [0, 0.1) is 0 Å². The van der Waals surface area contributed by atoms with Crippen LogP contribution in [0.3, 0.4) is 0 Å². The summed E-state index contributed by atoms with van der Waals surface area (Å²) in [5, 5.41) is 4.01. The molecule has 0 fully saturated rings. The summed E-state index contributed by atoms with van der Waals surface area (Å²) in [7, 11) is 0. The van der Waals surface area contributed by atoms with Crippen molar-refractivity contribution in [1.29, 1.82) is 0 Å². The minimum atomic E-state index is -0.535. The van der Waals surface area contributed by atoms with E-state index in [2.05, 4.69) is 20.7 Å². The third-order valence-corrected chi connectivity index (χ3v) is 7.52. The summed E-state index contributed by atoms with van der Waals surface area (Å²) in [5.74, 6) is 0.0987. The predicted octanol–water partition coefficient (Wildman–Crippen LogP) is 4.36. The molecular formula is C28H27N5O4S. The maximum absolute atomic E-state index is 13.4. The highest BCUT2D eigenvalue weighted by molar-refractivity contribution is 8.00. The highest BCUT2D eigenvalue weighted by atomic mass is 32.2. The molecule has 0 bridgehead atoms. The summed E-state index contributed by atoms with van der Waals surface area (Å²) in [6, 6.07) is 18.4. The van der Waals surface area contributed by atoms with Gasteiger partial charge in [-0.1, -0.05) is 49.0 Å². The summed E-state index contributed by atoms with van der Waals surface area (Å²) in [6.07, 6.45) is 4.61. The molecule has 0 aliphatic heterocycles. The molecule has 0 radical (unpaired) electrons. The predicted molar refractivity (Wildman–Crippen MR) is 147 cm³/mol. The van der Waals surface area contributed by atoms with Crippen LogP contribution in [0.5, 0.6) is 0 Å². The summed E-state index contributed by atoms with van der Waals surface area (Å²) in [4.78, 5) is 47.1. The summed E-state index contributed by atoms with van der Waals surface area (Å²) < 4.78 is 6.45. The van der Waals surface area contributed by atoms with Crippen LogP contribution < -0.4 is 16.3 Å². The van der Waals surface area contributed by atoms with E-state index in [9.17, 15) is 14.4 Å². The fraction of sp³-hybridized carbons (Fsp3) is 0.214. The van der Waals surface area contributed by atoms with Gasteiger partial charge in [-0.3, -0.25) is 19.8 Å². The number of aryl methyl sites for hydroxylation is 1. The van der Waals surface area contributed by atoms with Crippen LogP contribution in [0.4, 0.5) is 0 Å². The Balaban J connectivity index is 1.36. The molecule has 0 saturated heterocycles. The van der Waals surface area contributed by atoms with Crippen LogP contribution in [-0.4, -0.2) is 31.7 Å². The summed E-state index contributed by atoms with van der Waals surface area (Å²) in [6.45, 7) is 2.14. The van der Waals surface area contributed by atoms with Crippen LogP contribution in [0.25, 0.3) is 21.8 Å². The van der Waals surface area contributed by atoms with Crippen molar-refractivity contribution < 1.29 is 14.0 Å². The molecule has 5 aromatic rings. The van der Waals surface area contributed by atoms with Gasteiger partial charge in [0.15, 0.2) is 5.16 Å². The zero-order chi connectivity index (χ0) is 26.5. The van der Waals surface area contributed by atoms with Crippen molar-refractivity contribution in [3.8, 4) is 0 Å². The first-order chi connectivity index (χ1) is 18.5. The molecule has 0 aliphatic carbocycles. The standard InChI is InChI=1S/C28H27N5O4S/c1-2-24(26(35)30-17-19-8-7-15-37-19)38-28-31-23-12-6-4-10-21(23)27(36)33(28)32-25(34)14-13-18-16-29-22-11-5-3-9-20(18)22/h3-12,15-16,24,29H,2,13-14,17H2,1H3,(H,30,35)(H,32,34)/t24-/m0/s1. The number of aromatic nitrogens is 3. The van der Waals surface area contributed by atoms with Crippen LogP contribution in [0.15, 0.2) is 87.5 Å². The largest absolute Gasteiger partial charge is 0.467 e. The Kier molecular flexibility index (Phi) is 7.60. The van der Waals surface area contributed by atoms with Gasteiger partial charge in [0.05, 0.1) is 29.0 Å². The number of benzene rings is 2. The van der Waals surface area contributed by atoms with Crippen molar-refractivity contribution in [1.82, 2.24) is 20.0 Å². The Labute approximate surface area is 222 Å². The van der Waals surface area contributed by atoms with E-state index in [-0.39, 0.29) is 29.9 Å². The van der Waals surface area contributed by atoms with Gasteiger partial charge in [-0.15, -0.1) is 0 Å². The lowest BCUT2D eigenvalue weighted by Crippen LogP contribution is -2.37. The van der Waals surface area contributed by atoms with Gasteiger partial charge < -0.3 is 14.7 Å². The highest BCUT2D eigenvalue weighted by Gasteiger charge is 2.23. The first kappa shape index (κ1) is 25.3. The topological polar surface area (TPSA) is 122 Å². The average molecular weight is 530 g/mol. The Hall–Kier alpha value is -4.31. The normalized spacial score (nSPS) is 12.0. The van der Waals surface area contributed by atoms with E-state index in [0.29, 0.717) is 29.5 Å². The van der Waals surface area contributed by atoms with Gasteiger partial charge in [-0.2, -0.15) is 4.68 Å². The summed E-state index contributed by atoms with van der Waals surface area (Å²) in [5.41, 5.74) is 4.85. The molecule has 3 heterocycles. The maximum Gasteiger partial charge on any atom is 0.281 e. The maximum atomic E-state index is 13.4. The number of nitrogens with one attached hydrogen (secondary N) is 3. The second-order valence-corrected chi connectivity index (χ2v) is 9.93. The van der Waals surface area contributed by atoms with Gasteiger partial charge in [0.25, 0.3) is 5.56 Å². The molecule has 0 unspecified atom stereocenters. The van der Waals surface area contributed by atoms with Crippen molar-refractivity contribution in [2.45, 2.75) is 43.1 Å². The molecule has 2 amide bonds.